The second kappa shape index (κ2) is 69.4. The van der Waals surface area contributed by atoms with Gasteiger partial charge in [0.2, 0.25) is 0 Å². The summed E-state index contributed by atoms with van der Waals surface area (Å²) in [5.41, 5.74) is -0.999. The number of hydrogen-bond acceptors (Lipinski definition) is 14. The van der Waals surface area contributed by atoms with Gasteiger partial charge in [0.05, 0.1) is 57.1 Å². The Morgan fingerprint density at radius 3 is 0.594 bits per heavy atom. The Morgan fingerprint density at radius 2 is 0.426 bits per heavy atom. The van der Waals surface area contributed by atoms with Crippen molar-refractivity contribution >= 4 is 81.9 Å². The predicted octanol–water partition coefficient (Wildman–Crippen LogP) is 25.4. The van der Waals surface area contributed by atoms with Gasteiger partial charge in [-0.25, -0.2) is 36.0 Å². The van der Waals surface area contributed by atoms with Gasteiger partial charge in [-0.05, 0) is 112 Å². The van der Waals surface area contributed by atoms with Crippen LogP contribution in [-0.2, 0) is 39.2 Å². The van der Waals surface area contributed by atoms with Crippen LogP contribution in [0.5, 0.6) is 0 Å². The van der Waals surface area contributed by atoms with Crippen LogP contribution in [0.3, 0.4) is 0 Å². The molecule has 2 aromatic carbocycles. The van der Waals surface area contributed by atoms with E-state index in [9.17, 15) is 45.1 Å². The number of ether oxygens (including phenoxy) is 4. The maximum absolute atomic E-state index is 12.8. The average molecular weight is 1480 g/mol. The predicted molar refractivity (Wildman–Crippen MR) is 414 cm³/mol. The average Bonchev–Trinajstić information content (AvgIpc) is 0.819. The van der Waals surface area contributed by atoms with Crippen molar-refractivity contribution in [1.82, 2.24) is 0 Å². The molecule has 2 rings (SSSR count). The molecule has 0 saturated carbocycles. The van der Waals surface area contributed by atoms with Crippen LogP contribution in [0.25, 0.3) is 0 Å². The molecule has 101 heavy (non-hydrogen) atoms. The number of unbranched alkanes of at least 4 members (excludes halogenated alkanes) is 52. The molecule has 0 unspecified atom stereocenters. The number of hydrogen-bond donors (Lipinski definition) is 0. The summed E-state index contributed by atoms with van der Waals surface area (Å²) in [5, 5.41) is 0. The number of carbonyl (C=O) groups is 4. The van der Waals surface area contributed by atoms with Gasteiger partial charge in [0.15, 0.2) is 0 Å². The maximum Gasteiger partial charge on any atom is 2.00 e. The Balaban J connectivity index is 0.00000196. The Labute approximate surface area is 645 Å². The van der Waals surface area contributed by atoms with Gasteiger partial charge in [-0.15, -0.1) is 0 Å². The zero-order chi connectivity index (χ0) is 73.1. The molecule has 0 aliphatic carbocycles. The molecule has 0 N–H and O–H groups in total. The Bertz CT molecular complexity index is 2540. The molecule has 17 heteroatoms. The first-order valence-corrected chi connectivity index (χ1v) is 43.1. The van der Waals surface area contributed by atoms with Crippen LogP contribution in [0.2, 0.25) is 0 Å². The van der Waals surface area contributed by atoms with Crippen LogP contribution >= 0.6 is 0 Å². The molecule has 0 spiro atoms. The smallest absolute Gasteiger partial charge is 0.744 e. The van der Waals surface area contributed by atoms with Gasteiger partial charge in [0.25, 0.3) is 0 Å². The molecular formula is C84H138CaO14S2. The van der Waals surface area contributed by atoms with Crippen LogP contribution in [0.15, 0.2) is 95.5 Å². The molecule has 0 bridgehead atoms. The van der Waals surface area contributed by atoms with E-state index in [0.29, 0.717) is 0 Å². The van der Waals surface area contributed by atoms with Crippen molar-refractivity contribution < 1.29 is 64.1 Å². The van der Waals surface area contributed by atoms with Gasteiger partial charge in [0, 0.05) is 0 Å². The van der Waals surface area contributed by atoms with Crippen LogP contribution in [0.4, 0.5) is 0 Å². The summed E-state index contributed by atoms with van der Waals surface area (Å²) in [4.78, 5) is 50.0. The standard InChI is InChI=1S/2C42H70O7S.Ca/c2*1-3-5-7-9-11-13-15-17-19-21-23-25-27-29-31-35-48-41(43)39-34-33-38(50(45,46)47)37-40(39)42(44)49-36-32-30-28-26-24-22-20-18-16-14-12-10-8-6-4-2;/h2*31-37H,3-30H2,1-2H3,(H,45,46,47);/q;;+2/p-2/b2*35-31+,36-32+;. The molecule has 2 aromatic rings. The third-order valence-corrected chi connectivity index (χ3v) is 20.1. The first kappa shape index (κ1) is 97.4. The van der Waals surface area contributed by atoms with Crippen molar-refractivity contribution in [2.24, 2.45) is 0 Å². The maximum atomic E-state index is 12.8. The molecule has 0 aliphatic rings. The van der Waals surface area contributed by atoms with Gasteiger partial charge in [-0.2, -0.15) is 0 Å². The molecule has 14 nitrogen and oxygen atoms in total. The normalized spacial score (nSPS) is 11.8. The first-order chi connectivity index (χ1) is 48.6. The minimum Gasteiger partial charge on any atom is -0.744 e. The van der Waals surface area contributed by atoms with Gasteiger partial charge >= 0.3 is 61.6 Å². The summed E-state index contributed by atoms with van der Waals surface area (Å²) in [6.07, 6.45) is 81.4. The molecule has 0 fully saturated rings. The SMILES string of the molecule is CCCCCCCCCCCCCCC/C=C/OC(=O)c1ccc(S(=O)(=O)[O-])cc1C(=O)O/C=C/CCCCCCCCCCCCCCC.CCCCCCCCCCCCCCC/C=C/OC(=O)c1ccc(S(=O)(=O)[O-])cc1C(=O)O/C=C/CCCCCCCCCCCCCCC.[Ca+2]. The molecule has 0 aliphatic heterocycles. The van der Waals surface area contributed by atoms with E-state index in [0.717, 1.165) is 113 Å². The molecule has 0 heterocycles. The number of allylic oxidation sites excluding steroid dienone is 4. The van der Waals surface area contributed by atoms with Crippen molar-refractivity contribution in [3.63, 3.8) is 0 Å². The van der Waals surface area contributed by atoms with E-state index in [2.05, 4.69) is 27.7 Å². The van der Waals surface area contributed by atoms with Crippen molar-refractivity contribution in [1.29, 1.82) is 0 Å². The van der Waals surface area contributed by atoms with Crippen LogP contribution in [-0.4, -0.2) is 87.6 Å². The largest absolute Gasteiger partial charge is 2.00 e. The van der Waals surface area contributed by atoms with E-state index in [4.69, 9.17) is 18.9 Å². The molecule has 572 valence electrons. The van der Waals surface area contributed by atoms with E-state index in [-0.39, 0.29) is 60.0 Å². The summed E-state index contributed by atoms with van der Waals surface area (Å²) in [5.74, 6) is -3.52. The van der Waals surface area contributed by atoms with E-state index in [1.54, 1.807) is 24.3 Å². The Kier molecular flexibility index (Phi) is 66.9. The molecular weight excluding hydrogens is 1340 g/mol. The summed E-state index contributed by atoms with van der Waals surface area (Å²) in [6, 6.07) is 5.97. The van der Waals surface area contributed by atoms with E-state index in [1.807, 2.05) is 0 Å². The molecule has 0 aromatic heterocycles. The second-order valence-corrected chi connectivity index (χ2v) is 30.3. The van der Waals surface area contributed by atoms with E-state index in [1.165, 1.54) is 308 Å². The fraction of sp³-hybridized carbons (Fsp3) is 0.714. The van der Waals surface area contributed by atoms with Crippen LogP contribution in [0.1, 0.15) is 429 Å². The van der Waals surface area contributed by atoms with E-state index >= 15 is 0 Å². The van der Waals surface area contributed by atoms with Gasteiger partial charge in [0.1, 0.15) is 20.2 Å². The number of benzene rings is 2. The van der Waals surface area contributed by atoms with Crippen molar-refractivity contribution in [2.75, 3.05) is 0 Å². The first-order valence-electron chi connectivity index (χ1n) is 40.3. The number of rotatable bonds is 66. The summed E-state index contributed by atoms with van der Waals surface area (Å²) >= 11 is 0. The monoisotopic (exact) mass is 1470 g/mol. The van der Waals surface area contributed by atoms with Crippen LogP contribution in [0, 0.1) is 0 Å². The summed E-state index contributed by atoms with van der Waals surface area (Å²) in [7, 11) is -9.68. The minimum absolute atomic E-state index is 0. The number of esters is 4. The minimum atomic E-state index is -4.84. The number of carbonyl (C=O) groups excluding carboxylic acids is 4. The molecule has 0 atom stereocenters. The fourth-order valence-corrected chi connectivity index (χ4v) is 13.1. The summed E-state index contributed by atoms with van der Waals surface area (Å²) in [6.45, 7) is 8.99. The zero-order valence-corrected chi connectivity index (χ0v) is 67.8. The van der Waals surface area contributed by atoms with E-state index < -0.39 is 53.9 Å². The van der Waals surface area contributed by atoms with Crippen molar-refractivity contribution in [2.45, 2.75) is 397 Å². The van der Waals surface area contributed by atoms with Gasteiger partial charge < -0.3 is 28.1 Å². The van der Waals surface area contributed by atoms with Crippen molar-refractivity contribution in [3.05, 3.63) is 108 Å². The molecule has 0 amide bonds. The van der Waals surface area contributed by atoms with Crippen LogP contribution < -0.4 is 0 Å². The molecule has 0 radical (unpaired) electrons. The molecule has 0 saturated heterocycles. The quantitative estimate of drug-likeness (QED) is 0.0150. The van der Waals surface area contributed by atoms with Gasteiger partial charge in [-0.3, -0.25) is 0 Å². The Morgan fingerprint density at radius 1 is 0.267 bits per heavy atom. The second-order valence-electron chi connectivity index (χ2n) is 27.6. The van der Waals surface area contributed by atoms with Crippen molar-refractivity contribution in [3.8, 4) is 0 Å². The fourth-order valence-electron chi connectivity index (χ4n) is 12.1. The zero-order valence-electron chi connectivity index (χ0n) is 63.9. The third kappa shape index (κ3) is 57.3. The Hall–Kier alpha value is -3.64. The topological polar surface area (TPSA) is 220 Å². The summed E-state index contributed by atoms with van der Waals surface area (Å²) < 4.78 is 90.4. The third-order valence-electron chi connectivity index (χ3n) is 18.4. The van der Waals surface area contributed by atoms with Gasteiger partial charge in [-0.1, -0.05) is 336 Å².